The topological polar surface area (TPSA) is 60.2 Å². The number of methoxy groups -OCH3 is 1. The molecule has 19 heavy (non-hydrogen) atoms. The van der Waals surface area contributed by atoms with Crippen molar-refractivity contribution in [3.8, 4) is 0 Å². The second-order valence-corrected chi connectivity index (χ2v) is 5.79. The highest BCUT2D eigenvalue weighted by Crippen LogP contribution is 2.40. The molecule has 0 bridgehead atoms. The maximum atomic E-state index is 5.76. The highest BCUT2D eigenvalue weighted by Gasteiger charge is 2.40. The predicted octanol–water partition coefficient (Wildman–Crippen LogP) is 2.27. The van der Waals surface area contributed by atoms with Gasteiger partial charge in [0.2, 0.25) is 11.7 Å². The molecule has 1 fully saturated rings. The Labute approximate surface area is 115 Å². The van der Waals surface area contributed by atoms with Crippen LogP contribution in [0.5, 0.6) is 0 Å². The summed E-state index contributed by atoms with van der Waals surface area (Å²) in [5, 5.41) is 7.33. The summed E-state index contributed by atoms with van der Waals surface area (Å²) < 4.78 is 11.1. The summed E-state index contributed by atoms with van der Waals surface area (Å²) >= 11 is 0. The quantitative estimate of drug-likeness (QED) is 0.886. The number of aromatic nitrogens is 2. The third-order valence-corrected chi connectivity index (χ3v) is 4.32. The molecule has 2 rings (SSSR count). The Kier molecular flexibility index (Phi) is 4.58. The van der Waals surface area contributed by atoms with Gasteiger partial charge in [-0.25, -0.2) is 0 Å². The van der Waals surface area contributed by atoms with E-state index in [0.29, 0.717) is 11.9 Å². The minimum atomic E-state index is -0.336. The molecule has 1 atom stereocenters. The van der Waals surface area contributed by atoms with Crippen LogP contribution in [-0.2, 0) is 16.8 Å². The summed E-state index contributed by atoms with van der Waals surface area (Å²) in [5.41, 5.74) is -0.336. The van der Waals surface area contributed by atoms with Crippen LogP contribution in [0, 0.1) is 5.92 Å². The van der Waals surface area contributed by atoms with E-state index in [-0.39, 0.29) is 5.60 Å². The number of hydrogen-bond donors (Lipinski definition) is 1. The highest BCUT2D eigenvalue weighted by molar-refractivity contribution is 5.04. The van der Waals surface area contributed by atoms with Crippen LogP contribution < -0.4 is 5.32 Å². The van der Waals surface area contributed by atoms with Crippen LogP contribution in [0.1, 0.15) is 51.2 Å². The number of hydrogen-bond acceptors (Lipinski definition) is 5. The molecule has 0 radical (unpaired) electrons. The van der Waals surface area contributed by atoms with Gasteiger partial charge in [-0.05, 0) is 45.6 Å². The van der Waals surface area contributed by atoms with Crippen molar-refractivity contribution >= 4 is 0 Å². The fourth-order valence-electron chi connectivity index (χ4n) is 2.63. The molecule has 0 aromatic carbocycles. The predicted molar refractivity (Wildman–Crippen MR) is 72.8 cm³/mol. The largest absolute Gasteiger partial charge is 0.370 e. The summed E-state index contributed by atoms with van der Waals surface area (Å²) in [6.07, 6.45) is 5.02. The fourth-order valence-corrected chi connectivity index (χ4v) is 2.63. The SMILES string of the molecule is CNC(C)Cc1nc(C2(OC)CCC(C)CC2)no1. The average Bonchev–Trinajstić information content (AvgIpc) is 2.89. The Bertz CT molecular complexity index is 397. The lowest BCUT2D eigenvalue weighted by Crippen LogP contribution is -2.34. The van der Waals surface area contributed by atoms with Crippen LogP contribution in [0.15, 0.2) is 4.52 Å². The van der Waals surface area contributed by atoms with Crippen molar-refractivity contribution < 1.29 is 9.26 Å². The van der Waals surface area contributed by atoms with Crippen molar-refractivity contribution in [3.63, 3.8) is 0 Å². The Morgan fingerprint density at radius 3 is 2.74 bits per heavy atom. The molecular formula is C14H25N3O2. The summed E-state index contributed by atoms with van der Waals surface area (Å²) in [6, 6.07) is 0.332. The lowest BCUT2D eigenvalue weighted by Gasteiger charge is -2.35. The Balaban J connectivity index is 2.11. The molecule has 1 aliphatic carbocycles. The van der Waals surface area contributed by atoms with Gasteiger partial charge in [-0.15, -0.1) is 0 Å². The summed E-state index contributed by atoms with van der Waals surface area (Å²) in [4.78, 5) is 4.55. The van der Waals surface area contributed by atoms with Gasteiger partial charge in [0.25, 0.3) is 0 Å². The van der Waals surface area contributed by atoms with E-state index < -0.39 is 0 Å². The van der Waals surface area contributed by atoms with E-state index in [0.717, 1.165) is 43.8 Å². The first-order valence-electron chi connectivity index (χ1n) is 7.15. The molecule has 108 valence electrons. The van der Waals surface area contributed by atoms with Crippen molar-refractivity contribution in [2.75, 3.05) is 14.2 Å². The Hall–Kier alpha value is -0.940. The number of ether oxygens (including phenoxy) is 1. The van der Waals surface area contributed by atoms with Gasteiger partial charge in [0.05, 0.1) is 0 Å². The van der Waals surface area contributed by atoms with Crippen LogP contribution in [0.25, 0.3) is 0 Å². The molecule has 0 saturated heterocycles. The number of nitrogens with one attached hydrogen (secondary N) is 1. The first-order chi connectivity index (χ1) is 9.09. The molecule has 1 aromatic rings. The molecule has 1 heterocycles. The van der Waals surface area contributed by atoms with Gasteiger partial charge in [-0.2, -0.15) is 4.98 Å². The highest BCUT2D eigenvalue weighted by atomic mass is 16.5. The monoisotopic (exact) mass is 267 g/mol. The molecule has 1 N–H and O–H groups in total. The first kappa shape index (κ1) is 14.5. The van der Waals surface area contributed by atoms with E-state index >= 15 is 0 Å². The molecule has 5 heteroatoms. The van der Waals surface area contributed by atoms with Crippen molar-refractivity contribution in [2.24, 2.45) is 5.92 Å². The number of nitrogens with zero attached hydrogens (tertiary/aromatic N) is 2. The second kappa shape index (κ2) is 6.01. The van der Waals surface area contributed by atoms with Crippen LogP contribution in [0.4, 0.5) is 0 Å². The summed E-state index contributed by atoms with van der Waals surface area (Å²) in [5.74, 6) is 2.17. The lowest BCUT2D eigenvalue weighted by molar-refractivity contribution is -0.0609. The minimum absolute atomic E-state index is 0.332. The van der Waals surface area contributed by atoms with E-state index in [1.807, 2.05) is 7.05 Å². The van der Waals surface area contributed by atoms with E-state index in [1.54, 1.807) is 7.11 Å². The maximum absolute atomic E-state index is 5.76. The molecule has 1 aromatic heterocycles. The van der Waals surface area contributed by atoms with Crippen LogP contribution in [-0.4, -0.2) is 30.3 Å². The first-order valence-corrected chi connectivity index (χ1v) is 7.15. The van der Waals surface area contributed by atoms with Crippen molar-refractivity contribution in [3.05, 3.63) is 11.7 Å². The summed E-state index contributed by atoms with van der Waals surface area (Å²) in [7, 11) is 3.68. The molecule has 0 aliphatic heterocycles. The molecule has 0 spiro atoms. The van der Waals surface area contributed by atoms with Crippen LogP contribution >= 0.6 is 0 Å². The minimum Gasteiger partial charge on any atom is -0.370 e. The van der Waals surface area contributed by atoms with Gasteiger partial charge in [-0.3, -0.25) is 0 Å². The molecule has 0 amide bonds. The third-order valence-electron chi connectivity index (χ3n) is 4.32. The summed E-state index contributed by atoms with van der Waals surface area (Å²) in [6.45, 7) is 4.38. The van der Waals surface area contributed by atoms with Crippen LogP contribution in [0.3, 0.4) is 0 Å². The van der Waals surface area contributed by atoms with E-state index in [9.17, 15) is 0 Å². The lowest BCUT2D eigenvalue weighted by atomic mass is 9.79. The average molecular weight is 267 g/mol. The number of likely N-dealkylation sites (N-methyl/N-ethyl adjacent to an activating group) is 1. The van der Waals surface area contributed by atoms with Gasteiger partial charge in [0, 0.05) is 19.6 Å². The van der Waals surface area contributed by atoms with Gasteiger partial charge in [0.1, 0.15) is 5.60 Å². The van der Waals surface area contributed by atoms with E-state index in [1.165, 1.54) is 0 Å². The Morgan fingerprint density at radius 2 is 2.16 bits per heavy atom. The van der Waals surface area contributed by atoms with Gasteiger partial charge >= 0.3 is 0 Å². The zero-order chi connectivity index (χ0) is 13.9. The molecule has 1 aliphatic rings. The van der Waals surface area contributed by atoms with E-state index in [2.05, 4.69) is 29.3 Å². The second-order valence-electron chi connectivity index (χ2n) is 5.79. The smallest absolute Gasteiger partial charge is 0.228 e. The van der Waals surface area contributed by atoms with Gasteiger partial charge in [-0.1, -0.05) is 12.1 Å². The van der Waals surface area contributed by atoms with E-state index in [4.69, 9.17) is 9.26 Å². The fraction of sp³-hybridized carbons (Fsp3) is 0.857. The van der Waals surface area contributed by atoms with Crippen molar-refractivity contribution in [1.29, 1.82) is 0 Å². The Morgan fingerprint density at radius 1 is 1.47 bits per heavy atom. The third kappa shape index (κ3) is 3.15. The molecule has 5 nitrogen and oxygen atoms in total. The zero-order valence-corrected chi connectivity index (χ0v) is 12.4. The molecule has 1 unspecified atom stereocenters. The normalized spacial score (nSPS) is 29.4. The van der Waals surface area contributed by atoms with Crippen LogP contribution in [0.2, 0.25) is 0 Å². The van der Waals surface area contributed by atoms with Gasteiger partial charge < -0.3 is 14.6 Å². The molecule has 1 saturated carbocycles. The number of rotatable bonds is 5. The van der Waals surface area contributed by atoms with Crippen molar-refractivity contribution in [1.82, 2.24) is 15.5 Å². The standard InChI is InChI=1S/C14H25N3O2/c1-10-5-7-14(18-4,8-6-10)13-16-12(19-17-13)9-11(2)15-3/h10-11,15H,5-9H2,1-4H3. The van der Waals surface area contributed by atoms with Gasteiger partial charge in [0.15, 0.2) is 0 Å². The zero-order valence-electron chi connectivity index (χ0n) is 12.4. The molecular weight excluding hydrogens is 242 g/mol. The van der Waals surface area contributed by atoms with Crippen molar-refractivity contribution in [2.45, 2.75) is 57.6 Å². The maximum Gasteiger partial charge on any atom is 0.228 e.